The third kappa shape index (κ3) is 1.65. The molecule has 10 heteroatoms. The van der Waals surface area contributed by atoms with Gasteiger partial charge in [-0.2, -0.15) is 13.2 Å². The zero-order chi connectivity index (χ0) is 13.7. The van der Waals surface area contributed by atoms with E-state index in [0.717, 1.165) is 11.6 Å². The summed E-state index contributed by atoms with van der Waals surface area (Å²) >= 11 is 0. The minimum Gasteiger partial charge on any atom is -0.278 e. The number of nitrogens with zero attached hydrogens (tertiary/aromatic N) is 5. The van der Waals surface area contributed by atoms with Crippen LogP contribution in [0.2, 0.25) is 0 Å². The van der Waals surface area contributed by atoms with Crippen LogP contribution in [-0.4, -0.2) is 24.3 Å². The average molecular weight is 261 g/mol. The van der Waals surface area contributed by atoms with Crippen molar-refractivity contribution in [2.24, 2.45) is 14.1 Å². The molecular weight excluding hydrogens is 255 g/mol. The first-order chi connectivity index (χ1) is 8.23. The molecule has 0 saturated heterocycles. The van der Waals surface area contributed by atoms with Crippen LogP contribution in [0.4, 0.5) is 13.2 Å². The molecule has 0 unspecified atom stereocenters. The number of hydrogen-bond donors (Lipinski definition) is 0. The van der Waals surface area contributed by atoms with Gasteiger partial charge < -0.3 is 0 Å². The van der Waals surface area contributed by atoms with E-state index in [-0.39, 0.29) is 5.65 Å². The molecule has 7 nitrogen and oxygen atoms in total. The second-order valence-corrected chi connectivity index (χ2v) is 3.51. The zero-order valence-corrected chi connectivity index (χ0v) is 9.19. The van der Waals surface area contributed by atoms with E-state index in [9.17, 15) is 22.8 Å². The molecule has 0 amide bonds. The zero-order valence-electron chi connectivity index (χ0n) is 9.19. The van der Waals surface area contributed by atoms with Crippen molar-refractivity contribution in [3.63, 3.8) is 0 Å². The molecule has 0 atom stereocenters. The van der Waals surface area contributed by atoms with Gasteiger partial charge in [0.25, 0.3) is 11.4 Å². The molecule has 0 spiro atoms. The van der Waals surface area contributed by atoms with Gasteiger partial charge in [0, 0.05) is 14.1 Å². The highest BCUT2D eigenvalue weighted by Crippen LogP contribution is 2.25. The molecule has 0 aliphatic carbocycles. The van der Waals surface area contributed by atoms with E-state index in [0.29, 0.717) is 4.57 Å². The van der Waals surface area contributed by atoms with Gasteiger partial charge in [-0.05, 0) is 0 Å². The molecular formula is C8H6F3N5O2. The fraction of sp³-hybridized carbons (Fsp3) is 0.375. The summed E-state index contributed by atoms with van der Waals surface area (Å²) in [4.78, 5) is 26.2. The summed E-state index contributed by atoms with van der Waals surface area (Å²) in [5.74, 6) is -1.52. The Morgan fingerprint density at radius 2 is 1.67 bits per heavy atom. The fourth-order valence-corrected chi connectivity index (χ4v) is 1.37. The third-order valence-corrected chi connectivity index (χ3v) is 2.32. The van der Waals surface area contributed by atoms with Crippen LogP contribution in [-0.2, 0) is 20.3 Å². The lowest BCUT2D eigenvalue weighted by molar-refractivity contribution is -0.145. The number of alkyl halides is 3. The maximum absolute atomic E-state index is 12.4. The van der Waals surface area contributed by atoms with Gasteiger partial charge >= 0.3 is 11.9 Å². The predicted octanol–water partition coefficient (Wildman–Crippen LogP) is -0.559. The Morgan fingerprint density at radius 3 is 2.22 bits per heavy atom. The minimum absolute atomic E-state index is 0.295. The Hall–Kier alpha value is -2.26. The lowest BCUT2D eigenvalue weighted by Gasteiger charge is -2.07. The Kier molecular flexibility index (Phi) is 2.45. The number of hydrogen-bond acceptors (Lipinski definition) is 5. The predicted molar refractivity (Wildman–Crippen MR) is 52.8 cm³/mol. The Bertz CT molecular complexity index is 745. The highest BCUT2D eigenvalue weighted by Gasteiger charge is 2.36. The van der Waals surface area contributed by atoms with Crippen LogP contribution in [0.15, 0.2) is 9.59 Å². The molecule has 0 aliphatic rings. The Morgan fingerprint density at radius 1 is 1.06 bits per heavy atom. The standard InChI is InChI=1S/C8H6F3N5O2/c1-15-4-3(5(17)16(2)7(15)18)12-6(14-13-4)8(9,10)11/h1-2H3. The molecule has 2 rings (SSSR count). The molecule has 18 heavy (non-hydrogen) atoms. The second kappa shape index (κ2) is 3.62. The number of aromatic nitrogens is 5. The van der Waals surface area contributed by atoms with E-state index >= 15 is 0 Å². The third-order valence-electron chi connectivity index (χ3n) is 2.32. The molecule has 0 bridgehead atoms. The largest absolute Gasteiger partial charge is 0.453 e. The van der Waals surface area contributed by atoms with E-state index in [4.69, 9.17) is 0 Å². The normalized spacial score (nSPS) is 12.1. The summed E-state index contributed by atoms with van der Waals surface area (Å²) in [7, 11) is 2.40. The highest BCUT2D eigenvalue weighted by molar-refractivity contribution is 5.67. The summed E-state index contributed by atoms with van der Waals surface area (Å²) in [6.45, 7) is 0. The molecule has 2 heterocycles. The topological polar surface area (TPSA) is 82.7 Å². The quantitative estimate of drug-likeness (QED) is 0.635. The number of fused-ring (bicyclic) bond motifs is 1. The average Bonchev–Trinajstić information content (AvgIpc) is 2.32. The minimum atomic E-state index is -4.80. The van der Waals surface area contributed by atoms with Gasteiger partial charge in [0.15, 0.2) is 11.2 Å². The fourth-order valence-electron chi connectivity index (χ4n) is 1.37. The van der Waals surface area contributed by atoms with Crippen molar-refractivity contribution in [1.29, 1.82) is 0 Å². The van der Waals surface area contributed by atoms with Gasteiger partial charge in [-0.3, -0.25) is 13.9 Å². The summed E-state index contributed by atoms with van der Waals surface area (Å²) in [5, 5.41) is 6.08. The summed E-state index contributed by atoms with van der Waals surface area (Å²) in [6.07, 6.45) is -4.80. The molecule has 0 radical (unpaired) electrons. The summed E-state index contributed by atoms with van der Waals surface area (Å²) < 4.78 is 38.7. The highest BCUT2D eigenvalue weighted by atomic mass is 19.4. The van der Waals surface area contributed by atoms with Crippen LogP contribution in [0.5, 0.6) is 0 Å². The number of halogens is 3. The SMILES string of the molecule is Cn1c(=O)c2nc(C(F)(F)F)nnc2n(C)c1=O. The van der Waals surface area contributed by atoms with E-state index in [1.165, 1.54) is 7.05 Å². The van der Waals surface area contributed by atoms with Gasteiger partial charge in [0.2, 0.25) is 0 Å². The van der Waals surface area contributed by atoms with Crippen LogP contribution in [0.1, 0.15) is 5.82 Å². The summed E-state index contributed by atoms with van der Waals surface area (Å²) in [6, 6.07) is 0. The van der Waals surface area contributed by atoms with Crippen molar-refractivity contribution >= 4 is 11.2 Å². The van der Waals surface area contributed by atoms with Crippen molar-refractivity contribution in [3.05, 3.63) is 26.7 Å². The first-order valence-corrected chi connectivity index (χ1v) is 4.61. The maximum Gasteiger partial charge on any atom is 0.453 e. The smallest absolute Gasteiger partial charge is 0.278 e. The van der Waals surface area contributed by atoms with Crippen LogP contribution in [0.3, 0.4) is 0 Å². The van der Waals surface area contributed by atoms with Gasteiger partial charge in [-0.25, -0.2) is 9.78 Å². The van der Waals surface area contributed by atoms with Crippen LogP contribution in [0, 0.1) is 0 Å². The molecule has 0 aliphatic heterocycles. The van der Waals surface area contributed by atoms with Gasteiger partial charge in [0.1, 0.15) is 0 Å². The lowest BCUT2D eigenvalue weighted by Crippen LogP contribution is -2.38. The van der Waals surface area contributed by atoms with Crippen LogP contribution < -0.4 is 11.2 Å². The Balaban J connectivity index is 2.96. The molecule has 2 aromatic rings. The molecule has 0 saturated carbocycles. The van der Waals surface area contributed by atoms with Crippen molar-refractivity contribution in [2.75, 3.05) is 0 Å². The molecule has 0 N–H and O–H groups in total. The number of rotatable bonds is 0. The monoisotopic (exact) mass is 261 g/mol. The van der Waals surface area contributed by atoms with Gasteiger partial charge in [0.05, 0.1) is 0 Å². The lowest BCUT2D eigenvalue weighted by atomic mass is 10.5. The number of aryl methyl sites for hydroxylation is 1. The molecule has 0 aromatic carbocycles. The first kappa shape index (κ1) is 12.2. The molecule has 2 aromatic heterocycles. The van der Waals surface area contributed by atoms with E-state index in [2.05, 4.69) is 15.2 Å². The van der Waals surface area contributed by atoms with Crippen molar-refractivity contribution in [3.8, 4) is 0 Å². The van der Waals surface area contributed by atoms with Crippen LogP contribution in [0.25, 0.3) is 11.2 Å². The maximum atomic E-state index is 12.4. The van der Waals surface area contributed by atoms with Crippen molar-refractivity contribution in [1.82, 2.24) is 24.3 Å². The van der Waals surface area contributed by atoms with Crippen LogP contribution >= 0.6 is 0 Å². The first-order valence-electron chi connectivity index (χ1n) is 4.61. The van der Waals surface area contributed by atoms with Gasteiger partial charge in [-0.1, -0.05) is 0 Å². The van der Waals surface area contributed by atoms with E-state index in [1.807, 2.05) is 0 Å². The van der Waals surface area contributed by atoms with E-state index < -0.39 is 28.8 Å². The van der Waals surface area contributed by atoms with Crippen molar-refractivity contribution in [2.45, 2.75) is 6.18 Å². The van der Waals surface area contributed by atoms with Crippen molar-refractivity contribution < 1.29 is 13.2 Å². The Labute approximate surface area is 96.5 Å². The molecule has 96 valence electrons. The van der Waals surface area contributed by atoms with E-state index in [1.54, 1.807) is 0 Å². The van der Waals surface area contributed by atoms with Gasteiger partial charge in [-0.15, -0.1) is 10.2 Å². The summed E-state index contributed by atoms with van der Waals surface area (Å²) in [5.41, 5.74) is -2.52. The molecule has 0 fully saturated rings. The second-order valence-electron chi connectivity index (χ2n) is 3.51.